The Kier molecular flexibility index (Phi) is 3.85. The normalized spacial score (nSPS) is 23.6. The molecule has 1 saturated heterocycles. The molecule has 1 aromatic carbocycles. The molecule has 3 rings (SSSR count). The predicted molar refractivity (Wildman–Crippen MR) is 91.6 cm³/mol. The highest BCUT2D eigenvalue weighted by molar-refractivity contribution is 6.62. The van der Waals surface area contributed by atoms with Gasteiger partial charge in [0, 0.05) is 5.54 Å². The van der Waals surface area contributed by atoms with Gasteiger partial charge >= 0.3 is 7.12 Å². The maximum Gasteiger partial charge on any atom is 0.494 e. The molecule has 0 unspecified atom stereocenters. The van der Waals surface area contributed by atoms with Gasteiger partial charge in [-0.2, -0.15) is 0 Å². The number of nitrogens with one attached hydrogen (secondary N) is 1. The summed E-state index contributed by atoms with van der Waals surface area (Å²) in [5.41, 5.74) is 1.36. The van der Waals surface area contributed by atoms with Gasteiger partial charge in [0.25, 0.3) is 0 Å². The second kappa shape index (κ2) is 5.35. The van der Waals surface area contributed by atoms with Gasteiger partial charge in [0.1, 0.15) is 0 Å². The number of hydrogen-bond acceptors (Lipinski definition) is 3. The lowest BCUT2D eigenvalue weighted by atomic mass is 9.79. The van der Waals surface area contributed by atoms with Crippen molar-refractivity contribution in [1.29, 1.82) is 0 Å². The van der Waals surface area contributed by atoms with Crippen LogP contribution in [0.5, 0.6) is 0 Å². The van der Waals surface area contributed by atoms with E-state index in [4.69, 9.17) is 9.31 Å². The first-order valence-corrected chi connectivity index (χ1v) is 8.36. The fourth-order valence-corrected chi connectivity index (χ4v) is 2.65. The van der Waals surface area contributed by atoms with Crippen LogP contribution in [0.1, 0.15) is 53.0 Å². The minimum absolute atomic E-state index is 0.0414. The van der Waals surface area contributed by atoms with E-state index in [2.05, 4.69) is 12.2 Å². The van der Waals surface area contributed by atoms with E-state index in [1.165, 1.54) is 0 Å². The summed E-state index contributed by atoms with van der Waals surface area (Å²) < 4.78 is 12.1. The van der Waals surface area contributed by atoms with Gasteiger partial charge in [0.2, 0.25) is 5.91 Å². The molecule has 1 amide bonds. The molecule has 1 saturated carbocycles. The van der Waals surface area contributed by atoms with Gasteiger partial charge in [-0.05, 0) is 58.5 Å². The van der Waals surface area contributed by atoms with Crippen LogP contribution in [0.15, 0.2) is 24.3 Å². The zero-order chi connectivity index (χ0) is 16.9. The fraction of sp³-hybridized carbons (Fsp3) is 0.611. The number of amides is 1. The predicted octanol–water partition coefficient (Wildman–Crippen LogP) is 2.20. The molecule has 1 heterocycles. The Morgan fingerprint density at radius 1 is 1.04 bits per heavy atom. The Hall–Kier alpha value is -1.33. The van der Waals surface area contributed by atoms with Gasteiger partial charge in [-0.25, -0.2) is 0 Å². The second-order valence-electron chi connectivity index (χ2n) is 8.12. The highest BCUT2D eigenvalue weighted by Crippen LogP contribution is 2.36. The summed E-state index contributed by atoms with van der Waals surface area (Å²) in [5, 5.41) is 3.08. The molecule has 0 radical (unpaired) electrons. The molecule has 124 valence electrons. The molecule has 1 aliphatic heterocycles. The van der Waals surface area contributed by atoms with Crippen molar-refractivity contribution in [3.8, 4) is 0 Å². The number of benzene rings is 1. The molecule has 0 spiro atoms. The average molecular weight is 315 g/mol. The van der Waals surface area contributed by atoms with Crippen LogP contribution in [0.4, 0.5) is 0 Å². The molecule has 23 heavy (non-hydrogen) atoms. The molecule has 4 nitrogen and oxygen atoms in total. The number of rotatable bonds is 4. The molecular weight excluding hydrogens is 289 g/mol. The van der Waals surface area contributed by atoms with Gasteiger partial charge in [-0.3, -0.25) is 4.79 Å². The molecule has 1 aromatic rings. The summed E-state index contributed by atoms with van der Waals surface area (Å²) in [6, 6.07) is 7.94. The number of carbonyl (C=O) groups excluding carboxylic acids is 1. The molecule has 5 heteroatoms. The highest BCUT2D eigenvalue weighted by atomic mass is 16.7. The molecular formula is C18H26BNO3. The first kappa shape index (κ1) is 16.5. The number of carbonyl (C=O) groups is 1. The van der Waals surface area contributed by atoms with E-state index in [1.807, 2.05) is 52.0 Å². The van der Waals surface area contributed by atoms with Gasteiger partial charge in [-0.1, -0.05) is 24.3 Å². The van der Waals surface area contributed by atoms with Crippen molar-refractivity contribution < 1.29 is 14.1 Å². The third-order valence-corrected chi connectivity index (χ3v) is 5.31. The van der Waals surface area contributed by atoms with Gasteiger partial charge in [0.05, 0.1) is 17.6 Å². The minimum Gasteiger partial charge on any atom is -0.399 e. The Labute approximate surface area is 139 Å². The van der Waals surface area contributed by atoms with Crippen LogP contribution in [0.3, 0.4) is 0 Å². The van der Waals surface area contributed by atoms with E-state index in [-0.39, 0.29) is 29.8 Å². The Bertz CT molecular complexity index is 589. The summed E-state index contributed by atoms with van der Waals surface area (Å²) >= 11 is 0. The SMILES string of the molecule is CC1(NC(=O)Cc2ccc(B3OC(C)(C)C(C)(C)O3)cc2)CC1. The molecule has 1 N–H and O–H groups in total. The van der Waals surface area contributed by atoms with E-state index in [0.29, 0.717) is 6.42 Å². The molecule has 1 aliphatic carbocycles. The van der Waals surface area contributed by atoms with E-state index in [9.17, 15) is 4.79 Å². The highest BCUT2D eigenvalue weighted by Gasteiger charge is 2.51. The molecule has 0 atom stereocenters. The van der Waals surface area contributed by atoms with Crippen LogP contribution in [0.25, 0.3) is 0 Å². The maximum atomic E-state index is 12.0. The zero-order valence-corrected chi connectivity index (χ0v) is 14.7. The lowest BCUT2D eigenvalue weighted by molar-refractivity contribution is -0.121. The van der Waals surface area contributed by atoms with Crippen molar-refractivity contribution in [2.45, 2.75) is 70.6 Å². The quantitative estimate of drug-likeness (QED) is 0.867. The van der Waals surface area contributed by atoms with E-state index in [1.54, 1.807) is 0 Å². The molecule has 2 fully saturated rings. The lowest BCUT2D eigenvalue weighted by Gasteiger charge is -2.32. The molecule has 0 aromatic heterocycles. The second-order valence-corrected chi connectivity index (χ2v) is 8.12. The molecule has 0 bridgehead atoms. The number of hydrogen-bond donors (Lipinski definition) is 1. The fourth-order valence-electron chi connectivity index (χ4n) is 2.65. The Morgan fingerprint density at radius 3 is 2.04 bits per heavy atom. The summed E-state index contributed by atoms with van der Waals surface area (Å²) in [4.78, 5) is 12.0. The zero-order valence-electron chi connectivity index (χ0n) is 14.7. The third kappa shape index (κ3) is 3.46. The van der Waals surface area contributed by atoms with Crippen molar-refractivity contribution in [3.05, 3.63) is 29.8 Å². The van der Waals surface area contributed by atoms with Gasteiger partial charge in [-0.15, -0.1) is 0 Å². The monoisotopic (exact) mass is 315 g/mol. The van der Waals surface area contributed by atoms with Crippen molar-refractivity contribution in [2.75, 3.05) is 0 Å². The standard InChI is InChI=1S/C18H26BNO3/c1-16(2)17(3,4)23-19(22-16)14-8-6-13(7-9-14)12-15(21)20-18(5)10-11-18/h6-9H,10-12H2,1-5H3,(H,20,21). The Balaban J connectivity index is 1.62. The van der Waals surface area contributed by atoms with Crippen LogP contribution in [-0.2, 0) is 20.5 Å². The summed E-state index contributed by atoms with van der Waals surface area (Å²) in [6.07, 6.45) is 2.58. The van der Waals surface area contributed by atoms with Gasteiger partial charge in [0.15, 0.2) is 0 Å². The van der Waals surface area contributed by atoms with Crippen LogP contribution < -0.4 is 10.8 Å². The summed E-state index contributed by atoms with van der Waals surface area (Å²) in [6.45, 7) is 10.3. The first-order valence-electron chi connectivity index (χ1n) is 8.36. The largest absolute Gasteiger partial charge is 0.494 e. The smallest absolute Gasteiger partial charge is 0.399 e. The first-order chi connectivity index (χ1) is 10.6. The van der Waals surface area contributed by atoms with E-state index in [0.717, 1.165) is 23.9 Å². The van der Waals surface area contributed by atoms with E-state index >= 15 is 0 Å². The van der Waals surface area contributed by atoms with Crippen molar-refractivity contribution in [1.82, 2.24) is 5.32 Å². The Morgan fingerprint density at radius 2 is 1.57 bits per heavy atom. The summed E-state index contributed by atoms with van der Waals surface area (Å²) in [7, 11) is -0.353. The van der Waals surface area contributed by atoms with Crippen LogP contribution in [0.2, 0.25) is 0 Å². The van der Waals surface area contributed by atoms with Gasteiger partial charge < -0.3 is 14.6 Å². The topological polar surface area (TPSA) is 47.6 Å². The summed E-state index contributed by atoms with van der Waals surface area (Å²) in [5.74, 6) is 0.0911. The van der Waals surface area contributed by atoms with Crippen molar-refractivity contribution >= 4 is 18.5 Å². The maximum absolute atomic E-state index is 12.0. The van der Waals surface area contributed by atoms with Crippen molar-refractivity contribution in [3.63, 3.8) is 0 Å². The van der Waals surface area contributed by atoms with Crippen LogP contribution in [0, 0.1) is 0 Å². The average Bonchev–Trinajstić information content (AvgIpc) is 3.09. The van der Waals surface area contributed by atoms with Crippen molar-refractivity contribution in [2.24, 2.45) is 0 Å². The lowest BCUT2D eigenvalue weighted by Crippen LogP contribution is -2.41. The van der Waals surface area contributed by atoms with E-state index < -0.39 is 0 Å². The van der Waals surface area contributed by atoms with Crippen LogP contribution in [-0.4, -0.2) is 29.8 Å². The van der Waals surface area contributed by atoms with Crippen LogP contribution >= 0.6 is 0 Å². The third-order valence-electron chi connectivity index (χ3n) is 5.31. The minimum atomic E-state index is -0.353. The molecule has 2 aliphatic rings.